The maximum Gasteiger partial charge on any atom is 0.119 e. The molecule has 0 radical (unpaired) electrons. The van der Waals surface area contributed by atoms with Crippen LogP contribution in [0.5, 0.6) is 11.5 Å². The molecule has 2 rings (SSSR count). The van der Waals surface area contributed by atoms with Crippen molar-refractivity contribution < 1.29 is 9.47 Å². The van der Waals surface area contributed by atoms with Gasteiger partial charge in [-0.25, -0.2) is 0 Å². The quantitative estimate of drug-likeness (QED) is 0.757. The fourth-order valence-corrected chi connectivity index (χ4v) is 1.97. The van der Waals surface area contributed by atoms with Crippen LogP contribution >= 0.6 is 11.8 Å². The van der Waals surface area contributed by atoms with Crippen LogP contribution in [0, 0.1) is 0 Å². The minimum atomic E-state index is 0.572. The first kappa shape index (κ1) is 12.8. The van der Waals surface area contributed by atoms with Gasteiger partial charge in [-0.05, 0) is 48.2 Å². The zero-order valence-corrected chi connectivity index (χ0v) is 11.4. The highest BCUT2D eigenvalue weighted by atomic mass is 32.2. The van der Waals surface area contributed by atoms with E-state index < -0.39 is 0 Å². The molecule has 0 spiro atoms. The molecule has 2 aromatic rings. The van der Waals surface area contributed by atoms with Gasteiger partial charge in [0.15, 0.2) is 0 Å². The first-order chi connectivity index (χ1) is 8.81. The minimum Gasteiger partial charge on any atom is -0.497 e. The molecule has 2 nitrogen and oxygen atoms in total. The number of benzene rings is 2. The molecule has 0 amide bonds. The molecule has 0 aliphatic carbocycles. The van der Waals surface area contributed by atoms with Crippen molar-refractivity contribution in [3.8, 4) is 11.5 Å². The third-order valence-electron chi connectivity index (χ3n) is 2.62. The summed E-state index contributed by atoms with van der Waals surface area (Å²) < 4.78 is 10.8. The summed E-state index contributed by atoms with van der Waals surface area (Å²) >= 11 is 1.73. The number of methoxy groups -OCH3 is 1. The molecule has 0 fully saturated rings. The second kappa shape index (κ2) is 6.36. The number of thioether (sulfide) groups is 1. The normalized spacial score (nSPS) is 10.1. The van der Waals surface area contributed by atoms with E-state index >= 15 is 0 Å². The summed E-state index contributed by atoms with van der Waals surface area (Å²) in [6, 6.07) is 16.0. The van der Waals surface area contributed by atoms with Crippen LogP contribution in [0.1, 0.15) is 5.56 Å². The number of hydrogen-bond donors (Lipinski definition) is 0. The van der Waals surface area contributed by atoms with Gasteiger partial charge in [-0.15, -0.1) is 11.8 Å². The first-order valence-corrected chi connectivity index (χ1v) is 6.94. The van der Waals surface area contributed by atoms with Crippen LogP contribution in [0.3, 0.4) is 0 Å². The Bertz CT molecular complexity index is 429. The van der Waals surface area contributed by atoms with Crippen LogP contribution in [0.4, 0.5) is 0 Å². The average Bonchev–Trinajstić information content (AvgIpc) is 2.46. The fourth-order valence-electron chi connectivity index (χ4n) is 1.56. The molecular weight excluding hydrogens is 244 g/mol. The lowest BCUT2D eigenvalue weighted by molar-refractivity contribution is 0.306. The molecule has 3 heteroatoms. The van der Waals surface area contributed by atoms with E-state index in [1.807, 2.05) is 36.4 Å². The van der Waals surface area contributed by atoms with Crippen LogP contribution in [-0.4, -0.2) is 13.4 Å². The van der Waals surface area contributed by atoms with Gasteiger partial charge in [0.05, 0.1) is 7.11 Å². The molecule has 0 saturated heterocycles. The summed E-state index contributed by atoms with van der Waals surface area (Å²) in [4.78, 5) is 1.24. The molecule has 0 atom stereocenters. The van der Waals surface area contributed by atoms with Gasteiger partial charge in [0, 0.05) is 4.90 Å². The highest BCUT2D eigenvalue weighted by Crippen LogP contribution is 2.20. The summed E-state index contributed by atoms with van der Waals surface area (Å²) in [6.07, 6.45) is 2.06. The van der Waals surface area contributed by atoms with Gasteiger partial charge in [-0.1, -0.05) is 12.1 Å². The number of hydrogen-bond acceptors (Lipinski definition) is 3. The van der Waals surface area contributed by atoms with E-state index in [1.165, 1.54) is 4.90 Å². The monoisotopic (exact) mass is 260 g/mol. The summed E-state index contributed by atoms with van der Waals surface area (Å²) in [5, 5.41) is 0. The Morgan fingerprint density at radius 3 is 2.06 bits per heavy atom. The van der Waals surface area contributed by atoms with Crippen LogP contribution < -0.4 is 9.47 Å². The van der Waals surface area contributed by atoms with Crippen molar-refractivity contribution in [2.75, 3.05) is 13.4 Å². The largest absolute Gasteiger partial charge is 0.497 e. The standard InChI is InChI=1S/C15H16O2S/c1-16-13-5-3-12(4-6-13)11-17-14-7-9-15(18-2)10-8-14/h3-10H,11H2,1-2H3. The van der Waals surface area contributed by atoms with E-state index in [0.29, 0.717) is 6.61 Å². The molecule has 0 N–H and O–H groups in total. The molecule has 0 aromatic heterocycles. The van der Waals surface area contributed by atoms with E-state index in [0.717, 1.165) is 17.1 Å². The highest BCUT2D eigenvalue weighted by Gasteiger charge is 1.97. The van der Waals surface area contributed by atoms with Crippen LogP contribution in [0.15, 0.2) is 53.4 Å². The molecule has 0 heterocycles. The maximum atomic E-state index is 5.71. The maximum absolute atomic E-state index is 5.71. The number of rotatable bonds is 5. The Morgan fingerprint density at radius 2 is 1.50 bits per heavy atom. The van der Waals surface area contributed by atoms with Gasteiger partial charge >= 0.3 is 0 Å². The first-order valence-electron chi connectivity index (χ1n) is 5.71. The molecule has 18 heavy (non-hydrogen) atoms. The Balaban J connectivity index is 1.93. The summed E-state index contributed by atoms with van der Waals surface area (Å²) in [6.45, 7) is 0.572. The summed E-state index contributed by atoms with van der Waals surface area (Å²) in [5.74, 6) is 1.76. The Kier molecular flexibility index (Phi) is 4.53. The topological polar surface area (TPSA) is 18.5 Å². The summed E-state index contributed by atoms with van der Waals surface area (Å²) in [7, 11) is 1.67. The predicted octanol–water partition coefficient (Wildman–Crippen LogP) is 4.00. The Morgan fingerprint density at radius 1 is 0.889 bits per heavy atom. The molecule has 0 bridgehead atoms. The number of ether oxygens (including phenoxy) is 2. The molecule has 0 aliphatic heterocycles. The Labute approximate surface area is 112 Å². The van der Waals surface area contributed by atoms with Crippen molar-refractivity contribution in [3.63, 3.8) is 0 Å². The third-order valence-corrected chi connectivity index (χ3v) is 3.37. The van der Waals surface area contributed by atoms with E-state index in [2.05, 4.69) is 18.4 Å². The van der Waals surface area contributed by atoms with Gasteiger partial charge < -0.3 is 9.47 Å². The van der Waals surface area contributed by atoms with E-state index in [1.54, 1.807) is 18.9 Å². The van der Waals surface area contributed by atoms with Gasteiger partial charge in [0.2, 0.25) is 0 Å². The van der Waals surface area contributed by atoms with E-state index in [-0.39, 0.29) is 0 Å². The van der Waals surface area contributed by atoms with Crippen molar-refractivity contribution in [1.82, 2.24) is 0 Å². The smallest absolute Gasteiger partial charge is 0.119 e. The van der Waals surface area contributed by atoms with Crippen molar-refractivity contribution in [2.45, 2.75) is 11.5 Å². The lowest BCUT2D eigenvalue weighted by Gasteiger charge is -2.07. The van der Waals surface area contributed by atoms with Gasteiger partial charge in [-0.2, -0.15) is 0 Å². The zero-order chi connectivity index (χ0) is 12.8. The zero-order valence-electron chi connectivity index (χ0n) is 10.6. The highest BCUT2D eigenvalue weighted by molar-refractivity contribution is 7.98. The molecular formula is C15H16O2S. The average molecular weight is 260 g/mol. The van der Waals surface area contributed by atoms with Crippen molar-refractivity contribution >= 4 is 11.8 Å². The van der Waals surface area contributed by atoms with Gasteiger partial charge in [0.1, 0.15) is 18.1 Å². The molecule has 0 unspecified atom stereocenters. The van der Waals surface area contributed by atoms with Crippen molar-refractivity contribution in [3.05, 3.63) is 54.1 Å². The van der Waals surface area contributed by atoms with Crippen molar-refractivity contribution in [1.29, 1.82) is 0 Å². The van der Waals surface area contributed by atoms with Crippen LogP contribution in [-0.2, 0) is 6.61 Å². The molecule has 0 aliphatic rings. The van der Waals surface area contributed by atoms with E-state index in [9.17, 15) is 0 Å². The SMILES string of the molecule is COc1ccc(COc2ccc(SC)cc2)cc1. The van der Waals surface area contributed by atoms with E-state index in [4.69, 9.17) is 9.47 Å². The molecule has 2 aromatic carbocycles. The van der Waals surface area contributed by atoms with Crippen LogP contribution in [0.25, 0.3) is 0 Å². The third kappa shape index (κ3) is 3.44. The second-order valence-corrected chi connectivity index (χ2v) is 4.69. The lowest BCUT2D eigenvalue weighted by Crippen LogP contribution is -1.95. The summed E-state index contributed by atoms with van der Waals surface area (Å²) in [5.41, 5.74) is 1.13. The lowest BCUT2D eigenvalue weighted by atomic mass is 10.2. The molecule has 0 saturated carbocycles. The second-order valence-electron chi connectivity index (χ2n) is 3.81. The Hall–Kier alpha value is -1.61. The molecule has 94 valence electrons. The predicted molar refractivity (Wildman–Crippen MR) is 75.5 cm³/mol. The van der Waals surface area contributed by atoms with Crippen LogP contribution in [0.2, 0.25) is 0 Å². The minimum absolute atomic E-state index is 0.572. The van der Waals surface area contributed by atoms with Gasteiger partial charge in [0.25, 0.3) is 0 Å². The fraction of sp³-hybridized carbons (Fsp3) is 0.200. The van der Waals surface area contributed by atoms with Crippen molar-refractivity contribution in [2.24, 2.45) is 0 Å². The van der Waals surface area contributed by atoms with Gasteiger partial charge in [-0.3, -0.25) is 0 Å².